The van der Waals surface area contributed by atoms with Crippen LogP contribution < -0.4 is 5.32 Å². The van der Waals surface area contributed by atoms with Gasteiger partial charge in [-0.05, 0) is 37.6 Å². The number of Topliss-reactive ketones (excluding diaryl/α,β-unsaturated/α-hetero) is 1. The monoisotopic (exact) mass is 241 g/mol. The molecule has 1 aromatic carbocycles. The molecule has 86 valence electrons. The van der Waals surface area contributed by atoms with E-state index in [-0.39, 0.29) is 0 Å². The van der Waals surface area contributed by atoms with E-state index >= 15 is 0 Å². The minimum Gasteiger partial charge on any atom is -0.479 e. The summed E-state index contributed by atoms with van der Waals surface area (Å²) in [6.07, 6.45) is 0. The molecular weight excluding hydrogens is 230 g/mol. The third kappa shape index (κ3) is 2.97. The number of hydrogen-bond donors (Lipinski definition) is 2. The van der Waals surface area contributed by atoms with Gasteiger partial charge < -0.3 is 10.4 Å². The molecule has 0 aliphatic carbocycles. The lowest BCUT2D eigenvalue weighted by Gasteiger charge is -2.14. The molecule has 0 saturated heterocycles. The van der Waals surface area contributed by atoms with Gasteiger partial charge in [-0.1, -0.05) is 11.6 Å². The van der Waals surface area contributed by atoms with E-state index < -0.39 is 17.8 Å². The number of hydrogen-bond acceptors (Lipinski definition) is 3. The van der Waals surface area contributed by atoms with Crippen LogP contribution in [0, 0.1) is 6.92 Å². The predicted octanol–water partition coefficient (Wildman–Crippen LogP) is 2.10. The summed E-state index contributed by atoms with van der Waals surface area (Å²) in [4.78, 5) is 21.9. The number of anilines is 1. The molecule has 1 rings (SSSR count). The average molecular weight is 242 g/mol. The quantitative estimate of drug-likeness (QED) is 0.793. The zero-order valence-electron chi connectivity index (χ0n) is 8.95. The van der Waals surface area contributed by atoms with Crippen molar-refractivity contribution < 1.29 is 14.7 Å². The van der Waals surface area contributed by atoms with Crippen LogP contribution in [0.2, 0.25) is 5.02 Å². The number of carbonyl (C=O) groups is 2. The molecule has 0 spiro atoms. The summed E-state index contributed by atoms with van der Waals surface area (Å²) in [5.41, 5.74) is 1.38. The Kier molecular flexibility index (Phi) is 3.90. The first kappa shape index (κ1) is 12.5. The number of aryl methyl sites for hydroxylation is 1. The molecule has 1 unspecified atom stereocenters. The highest BCUT2D eigenvalue weighted by Gasteiger charge is 2.22. The summed E-state index contributed by atoms with van der Waals surface area (Å²) in [7, 11) is 0. The highest BCUT2D eigenvalue weighted by molar-refractivity contribution is 6.30. The highest BCUT2D eigenvalue weighted by Crippen LogP contribution is 2.20. The lowest BCUT2D eigenvalue weighted by molar-refractivity contribution is -0.140. The van der Waals surface area contributed by atoms with Gasteiger partial charge in [-0.15, -0.1) is 0 Å². The first-order valence-electron chi connectivity index (χ1n) is 4.67. The number of aliphatic carboxylic acids is 1. The standard InChI is InChI=1S/C11H12ClNO3/c1-6-5-8(12)3-4-9(6)13-10(7(2)14)11(15)16/h3-5,10,13H,1-2H3,(H,15,16). The molecule has 0 aromatic heterocycles. The Bertz CT molecular complexity index is 417. The molecule has 1 aromatic rings. The van der Waals surface area contributed by atoms with E-state index in [9.17, 15) is 9.59 Å². The summed E-state index contributed by atoms with van der Waals surface area (Å²) in [5.74, 6) is -1.64. The van der Waals surface area contributed by atoms with Crippen molar-refractivity contribution in [3.8, 4) is 0 Å². The largest absolute Gasteiger partial charge is 0.479 e. The van der Waals surface area contributed by atoms with Crippen LogP contribution in [-0.4, -0.2) is 22.9 Å². The summed E-state index contributed by atoms with van der Waals surface area (Å²) < 4.78 is 0. The van der Waals surface area contributed by atoms with E-state index in [1.54, 1.807) is 25.1 Å². The number of carboxylic acids is 1. The van der Waals surface area contributed by atoms with Crippen LogP contribution in [-0.2, 0) is 9.59 Å². The Labute approximate surface area is 98.2 Å². The van der Waals surface area contributed by atoms with Crippen LogP contribution in [0.5, 0.6) is 0 Å². The molecule has 0 radical (unpaired) electrons. The molecule has 5 heteroatoms. The smallest absolute Gasteiger partial charge is 0.333 e. The van der Waals surface area contributed by atoms with Gasteiger partial charge in [0.15, 0.2) is 11.8 Å². The second kappa shape index (κ2) is 4.99. The van der Waals surface area contributed by atoms with Crippen molar-refractivity contribution in [3.63, 3.8) is 0 Å². The Balaban J connectivity index is 2.94. The number of ketones is 1. The molecule has 0 saturated carbocycles. The molecule has 16 heavy (non-hydrogen) atoms. The topological polar surface area (TPSA) is 66.4 Å². The second-order valence-corrected chi connectivity index (χ2v) is 3.92. The van der Waals surface area contributed by atoms with E-state index in [2.05, 4.69) is 5.32 Å². The Hall–Kier alpha value is -1.55. The average Bonchev–Trinajstić information content (AvgIpc) is 2.15. The van der Waals surface area contributed by atoms with E-state index in [1.165, 1.54) is 6.92 Å². The SMILES string of the molecule is CC(=O)C(Nc1ccc(Cl)cc1C)C(=O)O. The normalized spacial score (nSPS) is 11.9. The van der Waals surface area contributed by atoms with Crippen LogP contribution >= 0.6 is 11.6 Å². The second-order valence-electron chi connectivity index (χ2n) is 3.49. The van der Waals surface area contributed by atoms with Gasteiger partial charge >= 0.3 is 5.97 Å². The predicted molar refractivity (Wildman–Crippen MR) is 61.9 cm³/mol. The third-order valence-corrected chi connectivity index (χ3v) is 2.38. The van der Waals surface area contributed by atoms with Crippen LogP contribution in [0.4, 0.5) is 5.69 Å². The van der Waals surface area contributed by atoms with Crippen LogP contribution in [0.25, 0.3) is 0 Å². The molecule has 0 bridgehead atoms. The van der Waals surface area contributed by atoms with E-state index in [0.717, 1.165) is 5.56 Å². The van der Waals surface area contributed by atoms with Crippen molar-refractivity contribution in [1.29, 1.82) is 0 Å². The summed E-state index contributed by atoms with van der Waals surface area (Å²) in [5, 5.41) is 12.1. The van der Waals surface area contributed by atoms with Gasteiger partial charge in [-0.25, -0.2) is 4.79 Å². The summed E-state index contributed by atoms with van der Waals surface area (Å²) >= 11 is 5.77. The molecule has 0 aliphatic rings. The van der Waals surface area contributed by atoms with Gasteiger partial charge in [0.1, 0.15) is 0 Å². The van der Waals surface area contributed by atoms with Crippen LogP contribution in [0.15, 0.2) is 18.2 Å². The molecule has 0 heterocycles. The van der Waals surface area contributed by atoms with E-state index in [1.807, 2.05) is 0 Å². The van der Waals surface area contributed by atoms with Crippen LogP contribution in [0.3, 0.4) is 0 Å². The van der Waals surface area contributed by atoms with Crippen molar-refractivity contribution in [2.45, 2.75) is 19.9 Å². The van der Waals surface area contributed by atoms with E-state index in [0.29, 0.717) is 10.7 Å². The van der Waals surface area contributed by atoms with Gasteiger partial charge in [0, 0.05) is 10.7 Å². The fourth-order valence-electron chi connectivity index (χ4n) is 1.28. The fourth-order valence-corrected chi connectivity index (χ4v) is 1.51. The van der Waals surface area contributed by atoms with Gasteiger partial charge in [-0.3, -0.25) is 4.79 Å². The summed E-state index contributed by atoms with van der Waals surface area (Å²) in [6.45, 7) is 3.02. The lowest BCUT2D eigenvalue weighted by atomic mass is 10.1. The van der Waals surface area contributed by atoms with Gasteiger partial charge in [0.25, 0.3) is 0 Å². The molecule has 2 N–H and O–H groups in total. The zero-order chi connectivity index (χ0) is 12.3. The van der Waals surface area contributed by atoms with Crippen LogP contribution in [0.1, 0.15) is 12.5 Å². The minimum atomic E-state index is -1.22. The van der Waals surface area contributed by atoms with E-state index in [4.69, 9.17) is 16.7 Å². The Morgan fingerprint density at radius 3 is 2.50 bits per heavy atom. The molecule has 4 nitrogen and oxygen atoms in total. The Morgan fingerprint density at radius 1 is 1.44 bits per heavy atom. The first-order valence-corrected chi connectivity index (χ1v) is 5.05. The molecule has 0 aliphatic heterocycles. The van der Waals surface area contributed by atoms with Crippen molar-refractivity contribution in [2.75, 3.05) is 5.32 Å². The van der Waals surface area contributed by atoms with Gasteiger partial charge in [0.05, 0.1) is 0 Å². The summed E-state index contributed by atoms with van der Waals surface area (Å²) in [6, 6.07) is 3.76. The number of halogens is 1. The highest BCUT2D eigenvalue weighted by atomic mass is 35.5. The number of benzene rings is 1. The van der Waals surface area contributed by atoms with Gasteiger partial charge in [0.2, 0.25) is 0 Å². The minimum absolute atomic E-state index is 0.443. The number of carboxylic acid groups (broad SMARTS) is 1. The Morgan fingerprint density at radius 2 is 2.06 bits per heavy atom. The number of rotatable bonds is 4. The van der Waals surface area contributed by atoms with Crippen molar-refractivity contribution in [3.05, 3.63) is 28.8 Å². The first-order chi connectivity index (χ1) is 7.41. The maximum Gasteiger partial charge on any atom is 0.333 e. The molecular formula is C11H12ClNO3. The third-order valence-electron chi connectivity index (χ3n) is 2.14. The zero-order valence-corrected chi connectivity index (χ0v) is 9.71. The molecule has 0 fully saturated rings. The van der Waals surface area contributed by atoms with Gasteiger partial charge in [-0.2, -0.15) is 0 Å². The molecule has 1 atom stereocenters. The maximum atomic E-state index is 11.1. The fraction of sp³-hybridized carbons (Fsp3) is 0.273. The number of carbonyl (C=O) groups excluding carboxylic acids is 1. The lowest BCUT2D eigenvalue weighted by Crippen LogP contribution is -2.36. The molecule has 0 amide bonds. The number of nitrogens with one attached hydrogen (secondary N) is 1. The van der Waals surface area contributed by atoms with Crippen molar-refractivity contribution in [1.82, 2.24) is 0 Å². The maximum absolute atomic E-state index is 11.1. The van der Waals surface area contributed by atoms with Crippen molar-refractivity contribution >= 4 is 29.0 Å². The van der Waals surface area contributed by atoms with Crippen molar-refractivity contribution in [2.24, 2.45) is 0 Å².